The summed E-state index contributed by atoms with van der Waals surface area (Å²) in [6.07, 6.45) is 2.02. The SMILES string of the molecule is Cc1ccc(-c2nc(C)c3c(Br)cn(C)c3n2)cc1. The van der Waals surface area contributed by atoms with Crippen molar-refractivity contribution in [2.75, 3.05) is 0 Å². The quantitative estimate of drug-likeness (QED) is 0.679. The normalized spacial score (nSPS) is 11.2. The molecular weight excluding hydrogens is 302 g/mol. The van der Waals surface area contributed by atoms with E-state index in [1.54, 1.807) is 0 Å². The number of rotatable bonds is 1. The van der Waals surface area contributed by atoms with E-state index in [1.807, 2.05) is 24.7 Å². The summed E-state index contributed by atoms with van der Waals surface area (Å²) >= 11 is 3.56. The van der Waals surface area contributed by atoms with Gasteiger partial charge in [0.25, 0.3) is 0 Å². The number of hydrogen-bond acceptors (Lipinski definition) is 2. The van der Waals surface area contributed by atoms with Gasteiger partial charge in [-0.2, -0.15) is 0 Å². The highest BCUT2D eigenvalue weighted by molar-refractivity contribution is 9.10. The van der Waals surface area contributed by atoms with Gasteiger partial charge in [-0.05, 0) is 29.8 Å². The predicted molar refractivity (Wildman–Crippen MR) is 81.1 cm³/mol. The Balaban J connectivity index is 2.26. The maximum Gasteiger partial charge on any atom is 0.161 e. The highest BCUT2D eigenvalue weighted by Crippen LogP contribution is 2.28. The van der Waals surface area contributed by atoms with Crippen LogP contribution in [0.3, 0.4) is 0 Å². The van der Waals surface area contributed by atoms with Crippen molar-refractivity contribution >= 4 is 27.0 Å². The van der Waals surface area contributed by atoms with Gasteiger partial charge in [-0.15, -0.1) is 0 Å². The summed E-state index contributed by atoms with van der Waals surface area (Å²) in [5, 5.41) is 1.08. The zero-order valence-electron chi connectivity index (χ0n) is 11.1. The first kappa shape index (κ1) is 12.4. The predicted octanol–water partition coefficient (Wildman–Crippen LogP) is 4.01. The van der Waals surface area contributed by atoms with Crippen LogP contribution in [0.5, 0.6) is 0 Å². The van der Waals surface area contributed by atoms with Crippen molar-refractivity contribution in [3.8, 4) is 11.4 Å². The maximum absolute atomic E-state index is 4.68. The lowest BCUT2D eigenvalue weighted by Crippen LogP contribution is -1.96. The molecule has 0 aliphatic carbocycles. The number of aryl methyl sites for hydroxylation is 3. The Morgan fingerprint density at radius 1 is 1.05 bits per heavy atom. The van der Waals surface area contributed by atoms with Gasteiger partial charge in [-0.1, -0.05) is 29.8 Å². The maximum atomic E-state index is 4.68. The average molecular weight is 316 g/mol. The van der Waals surface area contributed by atoms with Crippen molar-refractivity contribution < 1.29 is 0 Å². The van der Waals surface area contributed by atoms with Crippen LogP contribution < -0.4 is 0 Å². The first-order valence-electron chi connectivity index (χ1n) is 6.12. The minimum Gasteiger partial charge on any atom is -0.334 e. The van der Waals surface area contributed by atoms with Crippen LogP contribution in [0.1, 0.15) is 11.3 Å². The third-order valence-corrected chi connectivity index (χ3v) is 3.86. The number of hydrogen-bond donors (Lipinski definition) is 0. The number of fused-ring (bicyclic) bond motifs is 1. The molecule has 0 unspecified atom stereocenters. The Morgan fingerprint density at radius 2 is 1.74 bits per heavy atom. The van der Waals surface area contributed by atoms with Crippen molar-refractivity contribution in [3.63, 3.8) is 0 Å². The summed E-state index contributed by atoms with van der Waals surface area (Å²) in [5.74, 6) is 0.777. The zero-order valence-corrected chi connectivity index (χ0v) is 12.7. The summed E-state index contributed by atoms with van der Waals surface area (Å²) in [6.45, 7) is 4.10. The van der Waals surface area contributed by atoms with Crippen LogP contribution in [-0.2, 0) is 7.05 Å². The molecule has 96 valence electrons. The Kier molecular flexibility index (Phi) is 2.90. The highest BCUT2D eigenvalue weighted by atomic mass is 79.9. The van der Waals surface area contributed by atoms with Crippen LogP contribution in [0.2, 0.25) is 0 Å². The van der Waals surface area contributed by atoms with E-state index < -0.39 is 0 Å². The van der Waals surface area contributed by atoms with Gasteiger partial charge < -0.3 is 4.57 Å². The molecule has 2 aromatic heterocycles. The van der Waals surface area contributed by atoms with E-state index in [0.717, 1.165) is 32.6 Å². The molecule has 0 bridgehead atoms. The van der Waals surface area contributed by atoms with Gasteiger partial charge in [0.1, 0.15) is 5.65 Å². The van der Waals surface area contributed by atoms with E-state index in [0.29, 0.717) is 0 Å². The molecule has 0 fully saturated rings. The first-order valence-corrected chi connectivity index (χ1v) is 6.92. The van der Waals surface area contributed by atoms with Crippen molar-refractivity contribution in [3.05, 3.63) is 46.2 Å². The van der Waals surface area contributed by atoms with Gasteiger partial charge in [-0.25, -0.2) is 9.97 Å². The second-order valence-electron chi connectivity index (χ2n) is 4.79. The summed E-state index contributed by atoms with van der Waals surface area (Å²) in [6, 6.07) is 8.29. The molecule has 0 saturated carbocycles. The minimum absolute atomic E-state index is 0.777. The van der Waals surface area contributed by atoms with Crippen LogP contribution in [-0.4, -0.2) is 14.5 Å². The number of benzene rings is 1. The summed E-state index contributed by atoms with van der Waals surface area (Å²) in [7, 11) is 2.00. The molecule has 3 aromatic rings. The smallest absolute Gasteiger partial charge is 0.161 e. The molecule has 3 rings (SSSR count). The highest BCUT2D eigenvalue weighted by Gasteiger charge is 2.12. The van der Waals surface area contributed by atoms with E-state index >= 15 is 0 Å². The van der Waals surface area contributed by atoms with Crippen LogP contribution in [0.25, 0.3) is 22.4 Å². The van der Waals surface area contributed by atoms with E-state index in [1.165, 1.54) is 5.56 Å². The second kappa shape index (κ2) is 4.46. The van der Waals surface area contributed by atoms with E-state index in [-0.39, 0.29) is 0 Å². The third kappa shape index (κ3) is 2.06. The zero-order chi connectivity index (χ0) is 13.6. The Morgan fingerprint density at radius 3 is 2.42 bits per heavy atom. The van der Waals surface area contributed by atoms with Gasteiger partial charge in [0.15, 0.2) is 5.82 Å². The number of halogens is 1. The molecule has 0 atom stereocenters. The molecule has 0 aliphatic heterocycles. The molecule has 4 heteroatoms. The molecule has 0 amide bonds. The van der Waals surface area contributed by atoms with E-state index in [4.69, 9.17) is 0 Å². The Bertz CT molecular complexity index is 757. The molecule has 0 aliphatic rings. The van der Waals surface area contributed by atoms with Gasteiger partial charge in [-0.3, -0.25) is 0 Å². The number of nitrogens with zero attached hydrogens (tertiary/aromatic N) is 3. The Labute approximate surface area is 120 Å². The molecule has 2 heterocycles. The Hall–Kier alpha value is -1.68. The van der Waals surface area contributed by atoms with Crippen molar-refractivity contribution in [2.45, 2.75) is 13.8 Å². The lowest BCUT2D eigenvalue weighted by Gasteiger charge is -2.05. The number of aromatic nitrogens is 3. The van der Waals surface area contributed by atoms with Gasteiger partial charge in [0.2, 0.25) is 0 Å². The van der Waals surface area contributed by atoms with E-state index in [9.17, 15) is 0 Å². The van der Waals surface area contributed by atoms with Gasteiger partial charge in [0.05, 0.1) is 11.1 Å². The van der Waals surface area contributed by atoms with Crippen molar-refractivity contribution in [2.24, 2.45) is 7.05 Å². The molecule has 19 heavy (non-hydrogen) atoms. The van der Waals surface area contributed by atoms with Gasteiger partial charge in [0, 0.05) is 23.3 Å². The average Bonchev–Trinajstić information content (AvgIpc) is 2.66. The minimum atomic E-state index is 0.777. The van der Waals surface area contributed by atoms with Crippen LogP contribution >= 0.6 is 15.9 Å². The molecular formula is C15H14BrN3. The summed E-state index contributed by atoms with van der Waals surface area (Å²) in [4.78, 5) is 9.30. The fourth-order valence-electron chi connectivity index (χ4n) is 2.22. The second-order valence-corrected chi connectivity index (χ2v) is 5.64. The molecule has 0 spiro atoms. The van der Waals surface area contributed by atoms with Crippen LogP contribution in [0, 0.1) is 13.8 Å². The van der Waals surface area contributed by atoms with Crippen LogP contribution in [0.4, 0.5) is 0 Å². The topological polar surface area (TPSA) is 30.7 Å². The molecule has 0 saturated heterocycles. The lowest BCUT2D eigenvalue weighted by molar-refractivity contribution is 0.941. The van der Waals surface area contributed by atoms with Gasteiger partial charge >= 0.3 is 0 Å². The fraction of sp³-hybridized carbons (Fsp3) is 0.200. The fourth-order valence-corrected chi connectivity index (χ4v) is 2.99. The molecule has 1 aromatic carbocycles. The van der Waals surface area contributed by atoms with Crippen molar-refractivity contribution in [1.82, 2.24) is 14.5 Å². The molecule has 3 nitrogen and oxygen atoms in total. The van der Waals surface area contributed by atoms with Crippen molar-refractivity contribution in [1.29, 1.82) is 0 Å². The molecule has 0 N–H and O–H groups in total. The monoisotopic (exact) mass is 315 g/mol. The molecule has 0 radical (unpaired) electrons. The third-order valence-electron chi connectivity index (χ3n) is 3.26. The largest absolute Gasteiger partial charge is 0.334 e. The summed E-state index contributed by atoms with van der Waals surface area (Å²) in [5.41, 5.74) is 4.24. The van der Waals surface area contributed by atoms with E-state index in [2.05, 4.69) is 57.1 Å². The summed E-state index contributed by atoms with van der Waals surface area (Å²) < 4.78 is 3.06. The van der Waals surface area contributed by atoms with Crippen LogP contribution in [0.15, 0.2) is 34.9 Å². The standard InChI is InChI=1S/C15H14BrN3/c1-9-4-6-11(7-5-9)14-17-10(2)13-12(16)8-19(3)15(13)18-14/h4-8H,1-3H3. The first-order chi connectivity index (χ1) is 9.06. The lowest BCUT2D eigenvalue weighted by atomic mass is 10.1.